The van der Waals surface area contributed by atoms with Gasteiger partial charge in [-0.25, -0.2) is 0 Å². The van der Waals surface area contributed by atoms with Gasteiger partial charge < -0.3 is 9.53 Å². The molecule has 0 aliphatic rings. The molecule has 0 bridgehead atoms. The van der Waals surface area contributed by atoms with E-state index in [9.17, 15) is 4.79 Å². The second-order valence-corrected chi connectivity index (χ2v) is 3.54. The number of benzene rings is 1. The molecule has 0 fully saturated rings. The molecule has 0 aromatic heterocycles. The van der Waals surface area contributed by atoms with Gasteiger partial charge in [0.2, 0.25) is 0 Å². The smallest absolute Gasteiger partial charge is 0.136 e. The average Bonchev–Trinajstić information content (AvgIpc) is 2.20. The normalized spacial score (nSPS) is 12.2. The first kappa shape index (κ1) is 11.1. The summed E-state index contributed by atoms with van der Waals surface area (Å²) in [6, 6.07) is 5.62. The molecule has 1 atom stereocenters. The predicted molar refractivity (Wildman–Crippen MR) is 59.3 cm³/mol. The van der Waals surface area contributed by atoms with Gasteiger partial charge in [-0.2, -0.15) is 0 Å². The van der Waals surface area contributed by atoms with E-state index in [4.69, 9.17) is 4.74 Å². The number of aldehydes is 1. The minimum atomic E-state index is -0.149. The fraction of sp³-hybridized carbons (Fsp3) is 0.364. The highest BCUT2D eigenvalue weighted by Crippen LogP contribution is 2.31. The molecule has 0 radical (unpaired) electrons. The van der Waals surface area contributed by atoms with Crippen molar-refractivity contribution in [1.82, 2.24) is 0 Å². The van der Waals surface area contributed by atoms with Crippen LogP contribution in [0.4, 0.5) is 0 Å². The highest BCUT2D eigenvalue weighted by molar-refractivity contribution is 7.80. The summed E-state index contributed by atoms with van der Waals surface area (Å²) in [7, 11) is 0. The molecule has 0 aliphatic heterocycles. The van der Waals surface area contributed by atoms with E-state index in [1.165, 1.54) is 0 Å². The van der Waals surface area contributed by atoms with Crippen molar-refractivity contribution in [2.24, 2.45) is 0 Å². The molecule has 0 heterocycles. The maximum Gasteiger partial charge on any atom is 0.136 e. The summed E-state index contributed by atoms with van der Waals surface area (Å²) in [5, 5.41) is 0. The Balaban J connectivity index is 3.13. The van der Waals surface area contributed by atoms with Crippen LogP contribution in [0.3, 0.4) is 0 Å². The molecule has 14 heavy (non-hydrogen) atoms. The molecule has 0 N–H and O–H groups in total. The highest BCUT2D eigenvalue weighted by atomic mass is 32.1. The van der Waals surface area contributed by atoms with Gasteiger partial charge in [0.25, 0.3) is 0 Å². The Morgan fingerprint density at radius 2 is 2.29 bits per heavy atom. The number of carbonyl (C=O) groups is 1. The number of hydrogen-bond donors (Lipinski definition) is 1. The van der Waals surface area contributed by atoms with Crippen LogP contribution < -0.4 is 4.74 Å². The first-order valence-corrected chi connectivity index (χ1v) is 5.05. The molecule has 0 aliphatic carbocycles. The van der Waals surface area contributed by atoms with Crippen molar-refractivity contribution in [2.45, 2.75) is 24.7 Å². The summed E-state index contributed by atoms with van der Waals surface area (Å²) in [4.78, 5) is 11.5. The molecule has 3 heteroatoms. The van der Waals surface area contributed by atoms with Crippen LogP contribution in [0.2, 0.25) is 0 Å². The Kier molecular flexibility index (Phi) is 4.01. The molecule has 0 saturated carbocycles. The second kappa shape index (κ2) is 5.05. The summed E-state index contributed by atoms with van der Waals surface area (Å²) < 4.78 is 5.46. The van der Waals surface area contributed by atoms with Crippen LogP contribution in [0, 0.1) is 0 Å². The van der Waals surface area contributed by atoms with E-state index < -0.39 is 0 Å². The van der Waals surface area contributed by atoms with Crippen molar-refractivity contribution < 1.29 is 9.53 Å². The van der Waals surface area contributed by atoms with Crippen molar-refractivity contribution in [2.75, 3.05) is 6.61 Å². The molecule has 2 nitrogen and oxygen atoms in total. The number of hydrogen-bond acceptors (Lipinski definition) is 3. The lowest BCUT2D eigenvalue weighted by Crippen LogP contribution is -2.01. The zero-order valence-electron chi connectivity index (χ0n) is 8.36. The molecule has 0 spiro atoms. The number of para-hydroxylation sites is 1. The summed E-state index contributed by atoms with van der Waals surface area (Å²) in [5.41, 5.74) is 0.898. The number of carbonyl (C=O) groups excluding carboxylic acids is 1. The van der Waals surface area contributed by atoms with Crippen LogP contribution in [0.25, 0.3) is 0 Å². The van der Waals surface area contributed by atoms with Crippen molar-refractivity contribution in [3.8, 4) is 5.75 Å². The summed E-state index contributed by atoms with van der Waals surface area (Å²) in [5.74, 6) is 0.571. The van der Waals surface area contributed by atoms with Crippen LogP contribution in [0.5, 0.6) is 5.75 Å². The van der Waals surface area contributed by atoms with E-state index >= 15 is 0 Å². The van der Waals surface area contributed by atoms with Gasteiger partial charge in [0.05, 0.1) is 6.61 Å². The third-order valence-corrected chi connectivity index (χ3v) is 2.36. The van der Waals surface area contributed by atoms with Crippen LogP contribution in [-0.2, 0) is 4.79 Å². The summed E-state index contributed by atoms with van der Waals surface area (Å²) in [6.07, 6.45) is 0.908. The Labute approximate surface area is 89.7 Å². The minimum Gasteiger partial charge on any atom is -0.492 e. The summed E-state index contributed by atoms with van der Waals surface area (Å²) >= 11 is 4.29. The zero-order valence-corrected chi connectivity index (χ0v) is 9.25. The van der Waals surface area contributed by atoms with Gasteiger partial charge in [-0.05, 0) is 13.0 Å². The molecule has 1 aromatic carbocycles. The fourth-order valence-corrected chi connectivity index (χ4v) is 1.56. The first-order chi connectivity index (χ1) is 6.70. The third-order valence-electron chi connectivity index (χ3n) is 2.01. The number of ether oxygens (including phenoxy) is 1. The highest BCUT2D eigenvalue weighted by Gasteiger charge is 2.12. The molecular weight excluding hydrogens is 196 g/mol. The maximum absolute atomic E-state index is 10.7. The van der Waals surface area contributed by atoms with Gasteiger partial charge in [-0.1, -0.05) is 19.1 Å². The quantitative estimate of drug-likeness (QED) is 0.611. The molecule has 1 aromatic rings. The lowest BCUT2D eigenvalue weighted by atomic mass is 10.0. The Hall–Kier alpha value is -0.960. The van der Waals surface area contributed by atoms with Gasteiger partial charge in [-0.15, -0.1) is 12.6 Å². The van der Waals surface area contributed by atoms with Crippen LogP contribution in [-0.4, -0.2) is 12.9 Å². The topological polar surface area (TPSA) is 26.3 Å². The SMILES string of the molecule is CCOc1c(S)cccc1C(C)C=O. The Morgan fingerprint density at radius 1 is 1.57 bits per heavy atom. The lowest BCUT2D eigenvalue weighted by molar-refractivity contribution is -0.108. The summed E-state index contributed by atoms with van der Waals surface area (Å²) in [6.45, 7) is 4.34. The standard InChI is InChI=1S/C11H14O2S/c1-3-13-11-9(8(2)7-12)5-4-6-10(11)14/h4-8,14H,3H2,1-2H3. The van der Waals surface area contributed by atoms with Gasteiger partial charge in [0.15, 0.2) is 0 Å². The fourth-order valence-electron chi connectivity index (χ4n) is 1.28. The van der Waals surface area contributed by atoms with Crippen molar-refractivity contribution in [1.29, 1.82) is 0 Å². The van der Waals surface area contributed by atoms with Gasteiger partial charge in [-0.3, -0.25) is 0 Å². The molecular formula is C11H14O2S. The first-order valence-electron chi connectivity index (χ1n) is 4.60. The molecule has 76 valence electrons. The monoisotopic (exact) mass is 210 g/mol. The van der Waals surface area contributed by atoms with E-state index in [-0.39, 0.29) is 5.92 Å². The molecule has 1 unspecified atom stereocenters. The van der Waals surface area contributed by atoms with Gasteiger partial charge in [0, 0.05) is 16.4 Å². The Bertz CT molecular complexity index is 323. The van der Waals surface area contributed by atoms with E-state index in [1.807, 2.05) is 32.0 Å². The van der Waals surface area contributed by atoms with Crippen molar-refractivity contribution >= 4 is 18.9 Å². The largest absolute Gasteiger partial charge is 0.492 e. The average molecular weight is 210 g/mol. The van der Waals surface area contributed by atoms with Gasteiger partial charge in [0.1, 0.15) is 12.0 Å². The predicted octanol–water partition coefficient (Wildman–Crippen LogP) is 2.68. The van der Waals surface area contributed by atoms with E-state index in [0.29, 0.717) is 6.61 Å². The molecule has 1 rings (SSSR count). The van der Waals surface area contributed by atoms with Crippen molar-refractivity contribution in [3.63, 3.8) is 0 Å². The third kappa shape index (κ3) is 2.29. The maximum atomic E-state index is 10.7. The van der Waals surface area contributed by atoms with E-state index in [2.05, 4.69) is 12.6 Å². The molecule has 0 amide bonds. The molecule has 0 saturated heterocycles. The van der Waals surface area contributed by atoms with Crippen LogP contribution >= 0.6 is 12.6 Å². The van der Waals surface area contributed by atoms with E-state index in [1.54, 1.807) is 0 Å². The zero-order chi connectivity index (χ0) is 10.6. The minimum absolute atomic E-state index is 0.149. The number of thiol groups is 1. The lowest BCUT2D eigenvalue weighted by Gasteiger charge is -2.13. The Morgan fingerprint density at radius 3 is 2.86 bits per heavy atom. The van der Waals surface area contributed by atoms with Crippen molar-refractivity contribution in [3.05, 3.63) is 23.8 Å². The van der Waals surface area contributed by atoms with Gasteiger partial charge >= 0.3 is 0 Å². The van der Waals surface area contributed by atoms with Crippen LogP contribution in [0.1, 0.15) is 25.3 Å². The second-order valence-electron chi connectivity index (χ2n) is 3.05. The van der Waals surface area contributed by atoms with Crippen LogP contribution in [0.15, 0.2) is 23.1 Å². The van der Waals surface area contributed by atoms with E-state index in [0.717, 1.165) is 22.5 Å². The number of rotatable bonds is 4.